The summed E-state index contributed by atoms with van der Waals surface area (Å²) < 4.78 is 10.4. The summed E-state index contributed by atoms with van der Waals surface area (Å²) in [5, 5.41) is 9.51. The first-order valence-electron chi connectivity index (χ1n) is 7.12. The first-order valence-corrected chi connectivity index (χ1v) is 7.12. The van der Waals surface area contributed by atoms with Gasteiger partial charge in [-0.05, 0) is 18.9 Å². The monoisotopic (exact) mass is 295 g/mol. The first-order chi connectivity index (χ1) is 10.0. The smallest absolute Gasteiger partial charge is 0.313 e. The lowest BCUT2D eigenvalue weighted by Gasteiger charge is -2.39. The lowest BCUT2D eigenvalue weighted by atomic mass is 9.80. The summed E-state index contributed by atoms with van der Waals surface area (Å²) in [6, 6.07) is 1.65. The number of aliphatic carboxylic acids is 1. The van der Waals surface area contributed by atoms with Crippen LogP contribution in [0.3, 0.4) is 0 Å². The number of hydrogen-bond acceptors (Lipinski definition) is 4. The van der Waals surface area contributed by atoms with E-state index in [1.165, 1.54) is 13.4 Å². The van der Waals surface area contributed by atoms with Crippen LogP contribution in [0.1, 0.15) is 35.9 Å². The van der Waals surface area contributed by atoms with Crippen LogP contribution in [-0.4, -0.2) is 48.7 Å². The number of aryl methyl sites for hydroxylation is 1. The van der Waals surface area contributed by atoms with E-state index < -0.39 is 11.4 Å². The minimum Gasteiger partial charge on any atom is -0.481 e. The van der Waals surface area contributed by atoms with Crippen molar-refractivity contribution in [3.05, 3.63) is 23.7 Å². The largest absolute Gasteiger partial charge is 0.481 e. The molecule has 116 valence electrons. The number of rotatable bonds is 5. The number of nitrogens with zero attached hydrogens (tertiary/aromatic N) is 1. The molecule has 0 spiro atoms. The minimum atomic E-state index is -1.02. The van der Waals surface area contributed by atoms with Crippen LogP contribution in [0.4, 0.5) is 0 Å². The number of piperidine rings is 1. The van der Waals surface area contributed by atoms with Gasteiger partial charge in [-0.2, -0.15) is 0 Å². The Kier molecular flexibility index (Phi) is 4.67. The molecular formula is C15H21NO5. The van der Waals surface area contributed by atoms with Gasteiger partial charge in [-0.15, -0.1) is 0 Å². The van der Waals surface area contributed by atoms with Crippen LogP contribution in [-0.2, 0) is 16.0 Å². The molecular weight excluding hydrogens is 274 g/mol. The predicted octanol–water partition coefficient (Wildman–Crippen LogP) is 1.80. The van der Waals surface area contributed by atoms with Gasteiger partial charge < -0.3 is 19.2 Å². The summed E-state index contributed by atoms with van der Waals surface area (Å²) in [6.45, 7) is 2.76. The number of carbonyl (C=O) groups is 2. The van der Waals surface area contributed by atoms with E-state index in [1.807, 2.05) is 6.92 Å². The molecule has 1 amide bonds. The van der Waals surface area contributed by atoms with Gasteiger partial charge >= 0.3 is 5.97 Å². The highest BCUT2D eigenvalue weighted by Gasteiger charge is 2.44. The number of furan rings is 1. The van der Waals surface area contributed by atoms with Gasteiger partial charge in [-0.25, -0.2) is 0 Å². The van der Waals surface area contributed by atoms with E-state index in [9.17, 15) is 14.7 Å². The Bertz CT molecular complexity index is 520. The summed E-state index contributed by atoms with van der Waals surface area (Å²) in [4.78, 5) is 25.8. The average molecular weight is 295 g/mol. The highest BCUT2D eigenvalue weighted by molar-refractivity contribution is 5.95. The number of hydrogen-bond donors (Lipinski definition) is 1. The maximum atomic E-state index is 12.6. The van der Waals surface area contributed by atoms with Gasteiger partial charge in [0.1, 0.15) is 11.2 Å². The molecule has 1 aliphatic heterocycles. The van der Waals surface area contributed by atoms with Crippen molar-refractivity contribution < 1.29 is 23.8 Å². The average Bonchev–Trinajstić information content (AvgIpc) is 2.95. The fourth-order valence-electron chi connectivity index (χ4n) is 2.91. The molecule has 1 aromatic rings. The molecule has 1 atom stereocenters. The number of carboxylic acid groups (broad SMARTS) is 1. The number of carboxylic acids is 1. The number of carbonyl (C=O) groups excluding carboxylic acids is 1. The molecule has 6 heteroatoms. The Hall–Kier alpha value is -1.82. The van der Waals surface area contributed by atoms with E-state index in [0.29, 0.717) is 37.1 Å². The van der Waals surface area contributed by atoms with Crippen LogP contribution >= 0.6 is 0 Å². The summed E-state index contributed by atoms with van der Waals surface area (Å²) in [5.74, 6) is -0.440. The van der Waals surface area contributed by atoms with Crippen molar-refractivity contribution in [2.45, 2.75) is 26.2 Å². The predicted molar refractivity (Wildman–Crippen MR) is 75.2 cm³/mol. The van der Waals surface area contributed by atoms with Crippen molar-refractivity contribution in [3.8, 4) is 0 Å². The van der Waals surface area contributed by atoms with Gasteiger partial charge in [-0.3, -0.25) is 9.59 Å². The molecule has 1 saturated heterocycles. The third-order valence-electron chi connectivity index (χ3n) is 4.04. The summed E-state index contributed by atoms with van der Waals surface area (Å²) in [6.07, 6.45) is 3.30. The lowest BCUT2D eigenvalue weighted by molar-refractivity contribution is -0.155. The van der Waals surface area contributed by atoms with Crippen LogP contribution in [0, 0.1) is 5.41 Å². The van der Waals surface area contributed by atoms with E-state index in [0.717, 1.165) is 0 Å². The molecule has 1 aliphatic rings. The topological polar surface area (TPSA) is 80.0 Å². The zero-order chi connectivity index (χ0) is 15.5. The van der Waals surface area contributed by atoms with Crippen molar-refractivity contribution in [2.24, 2.45) is 5.41 Å². The fraction of sp³-hybridized carbons (Fsp3) is 0.600. The second-order valence-corrected chi connectivity index (χ2v) is 5.46. The van der Waals surface area contributed by atoms with E-state index in [-0.39, 0.29) is 19.1 Å². The third kappa shape index (κ3) is 2.95. The standard InChI is InChI=1S/C15H21NO5/c1-3-12-11(5-8-21-12)13(17)16-7-4-6-15(9-16,10-20-2)14(18)19/h5,8H,3-4,6-7,9-10H2,1-2H3,(H,18,19). The van der Waals surface area contributed by atoms with Crippen molar-refractivity contribution in [3.63, 3.8) is 0 Å². The van der Waals surface area contributed by atoms with Gasteiger partial charge in [0.15, 0.2) is 0 Å². The van der Waals surface area contributed by atoms with Crippen LogP contribution in [0.5, 0.6) is 0 Å². The molecule has 2 heterocycles. The highest BCUT2D eigenvalue weighted by atomic mass is 16.5. The second kappa shape index (κ2) is 6.30. The Morgan fingerprint density at radius 1 is 1.52 bits per heavy atom. The van der Waals surface area contributed by atoms with Gasteiger partial charge in [0.25, 0.3) is 5.91 Å². The second-order valence-electron chi connectivity index (χ2n) is 5.46. The van der Waals surface area contributed by atoms with Crippen LogP contribution in [0.15, 0.2) is 16.7 Å². The Morgan fingerprint density at radius 3 is 2.90 bits per heavy atom. The summed E-state index contributed by atoms with van der Waals surface area (Å²) >= 11 is 0. The van der Waals surface area contributed by atoms with Gasteiger partial charge in [-0.1, -0.05) is 6.92 Å². The van der Waals surface area contributed by atoms with E-state index in [1.54, 1.807) is 11.0 Å². The first kappa shape index (κ1) is 15.6. The maximum absolute atomic E-state index is 12.6. The van der Waals surface area contributed by atoms with Crippen molar-refractivity contribution in [2.75, 3.05) is 26.8 Å². The van der Waals surface area contributed by atoms with E-state index >= 15 is 0 Å². The number of amides is 1. The molecule has 0 aliphatic carbocycles. The SMILES string of the molecule is CCc1occc1C(=O)N1CCCC(COC)(C(=O)O)C1. The van der Waals surface area contributed by atoms with E-state index in [2.05, 4.69) is 0 Å². The number of likely N-dealkylation sites (tertiary alicyclic amines) is 1. The summed E-state index contributed by atoms with van der Waals surface area (Å²) in [5.41, 5.74) is -0.491. The van der Waals surface area contributed by atoms with Crippen molar-refractivity contribution in [1.82, 2.24) is 4.90 Å². The van der Waals surface area contributed by atoms with Gasteiger partial charge in [0.2, 0.25) is 0 Å². The normalized spacial score (nSPS) is 22.3. The Labute approximate surface area is 123 Å². The highest BCUT2D eigenvalue weighted by Crippen LogP contribution is 2.32. The lowest BCUT2D eigenvalue weighted by Crippen LogP contribution is -2.52. The van der Waals surface area contributed by atoms with Crippen LogP contribution < -0.4 is 0 Å². The quantitative estimate of drug-likeness (QED) is 0.896. The molecule has 0 radical (unpaired) electrons. The number of ether oxygens (including phenoxy) is 1. The Morgan fingerprint density at radius 2 is 2.29 bits per heavy atom. The fourth-order valence-corrected chi connectivity index (χ4v) is 2.91. The molecule has 1 aromatic heterocycles. The Balaban J connectivity index is 2.20. The molecule has 21 heavy (non-hydrogen) atoms. The van der Waals surface area contributed by atoms with Gasteiger partial charge in [0, 0.05) is 26.6 Å². The maximum Gasteiger partial charge on any atom is 0.313 e. The van der Waals surface area contributed by atoms with Crippen LogP contribution in [0.2, 0.25) is 0 Å². The van der Waals surface area contributed by atoms with Crippen LogP contribution in [0.25, 0.3) is 0 Å². The number of methoxy groups -OCH3 is 1. The van der Waals surface area contributed by atoms with Crippen molar-refractivity contribution >= 4 is 11.9 Å². The molecule has 2 rings (SSSR count). The molecule has 1 N–H and O–H groups in total. The molecule has 1 unspecified atom stereocenters. The molecule has 0 aromatic carbocycles. The molecule has 1 fully saturated rings. The molecule has 6 nitrogen and oxygen atoms in total. The minimum absolute atomic E-state index is 0.109. The zero-order valence-corrected chi connectivity index (χ0v) is 12.4. The zero-order valence-electron chi connectivity index (χ0n) is 12.4. The van der Waals surface area contributed by atoms with Crippen molar-refractivity contribution in [1.29, 1.82) is 0 Å². The third-order valence-corrected chi connectivity index (χ3v) is 4.04. The van der Waals surface area contributed by atoms with E-state index in [4.69, 9.17) is 9.15 Å². The molecule has 0 bridgehead atoms. The molecule has 0 saturated carbocycles. The summed E-state index contributed by atoms with van der Waals surface area (Å²) in [7, 11) is 1.48. The van der Waals surface area contributed by atoms with Gasteiger partial charge in [0.05, 0.1) is 18.4 Å².